The number of rotatable bonds is 4. The number of halogens is 2. The molecule has 2 aromatic rings. The Morgan fingerprint density at radius 3 is 1.83 bits per heavy atom. The summed E-state index contributed by atoms with van der Waals surface area (Å²) in [6.45, 7) is 1.70. The van der Waals surface area contributed by atoms with E-state index in [9.17, 15) is 4.39 Å². The molecule has 0 amide bonds. The third-order valence-electron chi connectivity index (χ3n) is 2.73. The molecular formula is C15H15BrFN. The van der Waals surface area contributed by atoms with Crippen molar-refractivity contribution in [1.82, 2.24) is 4.90 Å². The number of nitrogens with zero attached hydrogens (tertiary/aromatic N) is 1. The second kappa shape index (κ2) is 6.12. The average Bonchev–Trinajstić information content (AvgIpc) is 2.35. The summed E-state index contributed by atoms with van der Waals surface area (Å²) in [5.74, 6) is -0.186. The number of hydrogen-bond donors (Lipinski definition) is 0. The molecule has 1 nitrogen and oxygen atoms in total. The van der Waals surface area contributed by atoms with E-state index in [1.54, 1.807) is 0 Å². The van der Waals surface area contributed by atoms with E-state index in [-0.39, 0.29) is 5.82 Å². The van der Waals surface area contributed by atoms with Gasteiger partial charge in [0.1, 0.15) is 5.82 Å². The summed E-state index contributed by atoms with van der Waals surface area (Å²) in [4.78, 5) is 2.20. The molecular weight excluding hydrogens is 293 g/mol. The third kappa shape index (κ3) is 3.93. The van der Waals surface area contributed by atoms with Crippen molar-refractivity contribution in [3.63, 3.8) is 0 Å². The van der Waals surface area contributed by atoms with Gasteiger partial charge in [-0.15, -0.1) is 0 Å². The zero-order valence-corrected chi connectivity index (χ0v) is 11.8. The van der Waals surface area contributed by atoms with Gasteiger partial charge >= 0.3 is 0 Å². The molecule has 3 heteroatoms. The SMILES string of the molecule is CN(Cc1ccc(F)cc1)Cc1ccc(Br)cc1. The topological polar surface area (TPSA) is 3.24 Å². The number of hydrogen-bond acceptors (Lipinski definition) is 1. The highest BCUT2D eigenvalue weighted by atomic mass is 79.9. The van der Waals surface area contributed by atoms with Crippen molar-refractivity contribution in [2.45, 2.75) is 13.1 Å². The largest absolute Gasteiger partial charge is 0.298 e. The van der Waals surface area contributed by atoms with Crippen LogP contribution in [0.15, 0.2) is 53.0 Å². The second-order valence-corrected chi connectivity index (χ2v) is 5.34. The molecule has 0 aromatic heterocycles. The minimum absolute atomic E-state index is 0.186. The van der Waals surface area contributed by atoms with E-state index in [4.69, 9.17) is 0 Å². The van der Waals surface area contributed by atoms with Crippen LogP contribution < -0.4 is 0 Å². The fraction of sp³-hybridized carbons (Fsp3) is 0.200. The van der Waals surface area contributed by atoms with E-state index in [0.717, 1.165) is 23.1 Å². The highest BCUT2D eigenvalue weighted by molar-refractivity contribution is 9.10. The van der Waals surface area contributed by atoms with Gasteiger partial charge in [-0.05, 0) is 42.4 Å². The Hall–Kier alpha value is -1.19. The Morgan fingerprint density at radius 1 is 0.889 bits per heavy atom. The van der Waals surface area contributed by atoms with E-state index in [1.807, 2.05) is 24.3 Å². The summed E-state index contributed by atoms with van der Waals surface area (Å²) in [6, 6.07) is 14.9. The summed E-state index contributed by atoms with van der Waals surface area (Å²) in [6.07, 6.45) is 0. The Kier molecular flexibility index (Phi) is 4.50. The standard InChI is InChI=1S/C15H15BrFN/c1-18(10-12-2-6-14(16)7-3-12)11-13-4-8-15(17)9-5-13/h2-9H,10-11H2,1H3. The molecule has 2 rings (SSSR count). The van der Waals surface area contributed by atoms with Crippen molar-refractivity contribution in [2.24, 2.45) is 0 Å². The minimum atomic E-state index is -0.186. The van der Waals surface area contributed by atoms with Gasteiger partial charge in [0.05, 0.1) is 0 Å². The molecule has 0 spiro atoms. The van der Waals surface area contributed by atoms with Crippen LogP contribution in [0.25, 0.3) is 0 Å². The first-order valence-corrected chi connectivity index (χ1v) is 6.60. The molecule has 0 N–H and O–H groups in total. The summed E-state index contributed by atoms with van der Waals surface area (Å²) >= 11 is 3.42. The molecule has 18 heavy (non-hydrogen) atoms. The zero-order chi connectivity index (χ0) is 13.0. The van der Waals surface area contributed by atoms with Crippen molar-refractivity contribution in [3.05, 3.63) is 69.9 Å². The predicted molar refractivity (Wildman–Crippen MR) is 75.7 cm³/mol. The minimum Gasteiger partial charge on any atom is -0.298 e. The predicted octanol–water partition coefficient (Wildman–Crippen LogP) is 4.22. The molecule has 0 unspecified atom stereocenters. The zero-order valence-electron chi connectivity index (χ0n) is 10.2. The molecule has 0 radical (unpaired) electrons. The lowest BCUT2D eigenvalue weighted by atomic mass is 10.2. The van der Waals surface area contributed by atoms with Gasteiger partial charge in [-0.25, -0.2) is 4.39 Å². The van der Waals surface area contributed by atoms with Crippen LogP contribution in [0.4, 0.5) is 4.39 Å². The van der Waals surface area contributed by atoms with Crippen molar-refractivity contribution >= 4 is 15.9 Å². The van der Waals surface area contributed by atoms with Gasteiger partial charge in [0.15, 0.2) is 0 Å². The van der Waals surface area contributed by atoms with Crippen LogP contribution in [0.3, 0.4) is 0 Å². The van der Waals surface area contributed by atoms with E-state index >= 15 is 0 Å². The number of benzene rings is 2. The smallest absolute Gasteiger partial charge is 0.123 e. The Morgan fingerprint density at radius 2 is 1.33 bits per heavy atom. The van der Waals surface area contributed by atoms with Gasteiger partial charge in [-0.3, -0.25) is 4.90 Å². The molecule has 0 heterocycles. The van der Waals surface area contributed by atoms with Gasteiger partial charge in [-0.2, -0.15) is 0 Å². The van der Waals surface area contributed by atoms with Crippen LogP contribution in [0.5, 0.6) is 0 Å². The van der Waals surface area contributed by atoms with Crippen LogP contribution in [-0.4, -0.2) is 11.9 Å². The molecule has 0 saturated carbocycles. The molecule has 0 saturated heterocycles. The first-order valence-electron chi connectivity index (χ1n) is 5.81. The lowest BCUT2D eigenvalue weighted by Crippen LogP contribution is -2.17. The maximum absolute atomic E-state index is 12.8. The van der Waals surface area contributed by atoms with Crippen molar-refractivity contribution < 1.29 is 4.39 Å². The summed E-state index contributed by atoms with van der Waals surface area (Å²) < 4.78 is 13.9. The molecule has 94 valence electrons. The van der Waals surface area contributed by atoms with Crippen LogP contribution in [0.2, 0.25) is 0 Å². The first-order chi connectivity index (χ1) is 8.63. The summed E-state index contributed by atoms with van der Waals surface area (Å²) in [7, 11) is 2.06. The molecule has 0 bridgehead atoms. The van der Waals surface area contributed by atoms with Crippen LogP contribution >= 0.6 is 15.9 Å². The molecule has 0 aliphatic carbocycles. The maximum Gasteiger partial charge on any atom is 0.123 e. The molecule has 2 aromatic carbocycles. The Labute approximate surface area is 115 Å². The third-order valence-corrected chi connectivity index (χ3v) is 3.26. The normalized spacial score (nSPS) is 10.9. The molecule has 0 atom stereocenters. The van der Waals surface area contributed by atoms with E-state index < -0.39 is 0 Å². The van der Waals surface area contributed by atoms with E-state index in [0.29, 0.717) is 0 Å². The quantitative estimate of drug-likeness (QED) is 0.817. The van der Waals surface area contributed by atoms with Crippen molar-refractivity contribution in [3.8, 4) is 0 Å². The van der Waals surface area contributed by atoms with Crippen LogP contribution in [0, 0.1) is 5.82 Å². The van der Waals surface area contributed by atoms with E-state index in [2.05, 4.69) is 40.0 Å². The van der Waals surface area contributed by atoms with Gasteiger partial charge in [0.2, 0.25) is 0 Å². The van der Waals surface area contributed by atoms with Gasteiger partial charge in [0.25, 0.3) is 0 Å². The molecule has 0 aliphatic heterocycles. The van der Waals surface area contributed by atoms with Gasteiger partial charge in [-0.1, -0.05) is 40.2 Å². The molecule has 0 fully saturated rings. The monoisotopic (exact) mass is 307 g/mol. The lowest BCUT2D eigenvalue weighted by Gasteiger charge is -2.16. The van der Waals surface area contributed by atoms with Crippen molar-refractivity contribution in [1.29, 1.82) is 0 Å². The highest BCUT2D eigenvalue weighted by Gasteiger charge is 2.02. The second-order valence-electron chi connectivity index (χ2n) is 4.43. The van der Waals surface area contributed by atoms with Gasteiger partial charge in [0, 0.05) is 17.6 Å². The van der Waals surface area contributed by atoms with Crippen LogP contribution in [0.1, 0.15) is 11.1 Å². The van der Waals surface area contributed by atoms with Gasteiger partial charge < -0.3 is 0 Å². The fourth-order valence-electron chi connectivity index (χ4n) is 1.86. The van der Waals surface area contributed by atoms with Crippen molar-refractivity contribution in [2.75, 3.05) is 7.05 Å². The molecule has 0 aliphatic rings. The Balaban J connectivity index is 1.94. The Bertz CT molecular complexity index is 445. The van der Waals surface area contributed by atoms with E-state index in [1.165, 1.54) is 17.7 Å². The summed E-state index contributed by atoms with van der Waals surface area (Å²) in [5, 5.41) is 0. The fourth-order valence-corrected chi connectivity index (χ4v) is 2.12. The lowest BCUT2D eigenvalue weighted by molar-refractivity contribution is 0.319. The van der Waals surface area contributed by atoms with Crippen LogP contribution in [-0.2, 0) is 13.1 Å². The maximum atomic E-state index is 12.8. The average molecular weight is 308 g/mol. The highest BCUT2D eigenvalue weighted by Crippen LogP contribution is 2.13. The first kappa shape index (κ1) is 13.2. The summed E-state index contributed by atoms with van der Waals surface area (Å²) in [5.41, 5.74) is 2.39.